The summed E-state index contributed by atoms with van der Waals surface area (Å²) in [6, 6.07) is 15.3. The van der Waals surface area contributed by atoms with E-state index in [2.05, 4.69) is 58.4 Å². The molecule has 0 fully saturated rings. The smallest absolute Gasteiger partial charge is 0.0181 e. The lowest BCUT2D eigenvalue weighted by Crippen LogP contribution is -2.07. The Balaban J connectivity index is 2.09. The Morgan fingerprint density at radius 3 is 2.27 bits per heavy atom. The van der Waals surface area contributed by atoms with Crippen LogP contribution in [-0.4, -0.2) is 0 Å². The molecule has 1 aliphatic carbocycles. The molecule has 0 aromatic heterocycles. The van der Waals surface area contributed by atoms with Gasteiger partial charge in [0.25, 0.3) is 0 Å². The number of rotatable bonds is 1. The first-order chi connectivity index (χ1) is 7.33. The van der Waals surface area contributed by atoms with Crippen molar-refractivity contribution in [3.63, 3.8) is 0 Å². The van der Waals surface area contributed by atoms with Crippen LogP contribution >= 0.6 is 15.9 Å². The first kappa shape index (κ1) is 9.17. The van der Waals surface area contributed by atoms with Crippen molar-refractivity contribution >= 4 is 15.9 Å². The molecule has 0 unspecified atom stereocenters. The zero-order chi connectivity index (χ0) is 10.3. The molecule has 0 N–H and O–H groups in total. The lowest BCUT2D eigenvalue weighted by molar-refractivity contribution is 0.840. The third-order valence-corrected chi connectivity index (χ3v) is 3.52. The summed E-state index contributed by atoms with van der Waals surface area (Å²) in [4.78, 5) is 0. The fourth-order valence-electron chi connectivity index (χ4n) is 2.04. The van der Waals surface area contributed by atoms with Gasteiger partial charge < -0.3 is 0 Å². The van der Waals surface area contributed by atoms with Crippen LogP contribution < -0.4 is 0 Å². The van der Waals surface area contributed by atoms with Crippen molar-refractivity contribution in [1.82, 2.24) is 0 Å². The van der Waals surface area contributed by atoms with Crippen molar-refractivity contribution in [2.24, 2.45) is 0 Å². The second-order valence-electron chi connectivity index (χ2n) is 3.99. The average Bonchev–Trinajstić information content (AvgIpc) is 2.20. The van der Waals surface area contributed by atoms with Gasteiger partial charge in [-0.05, 0) is 47.2 Å². The summed E-state index contributed by atoms with van der Waals surface area (Å²) in [5.41, 5.74) is 5.66. The van der Waals surface area contributed by atoms with Crippen molar-refractivity contribution in [3.8, 4) is 11.1 Å². The van der Waals surface area contributed by atoms with E-state index in [9.17, 15) is 0 Å². The van der Waals surface area contributed by atoms with Gasteiger partial charge in [-0.1, -0.05) is 46.3 Å². The molecule has 0 aliphatic heterocycles. The maximum atomic E-state index is 3.51. The number of benzene rings is 2. The third kappa shape index (κ3) is 1.61. The summed E-state index contributed by atoms with van der Waals surface area (Å²) >= 11 is 3.51. The minimum Gasteiger partial charge on any atom is -0.0605 e. The lowest BCUT2D eigenvalue weighted by Gasteiger charge is -2.19. The molecule has 0 bridgehead atoms. The highest BCUT2D eigenvalue weighted by atomic mass is 79.9. The topological polar surface area (TPSA) is 0 Å². The van der Waals surface area contributed by atoms with Crippen LogP contribution in [0.4, 0.5) is 0 Å². The van der Waals surface area contributed by atoms with Gasteiger partial charge in [0.1, 0.15) is 0 Å². The predicted molar refractivity (Wildman–Crippen MR) is 67.0 cm³/mol. The average molecular weight is 259 g/mol. The van der Waals surface area contributed by atoms with E-state index in [1.807, 2.05) is 0 Å². The summed E-state index contributed by atoms with van der Waals surface area (Å²) in [5.74, 6) is 0. The zero-order valence-electron chi connectivity index (χ0n) is 8.33. The Morgan fingerprint density at radius 2 is 1.60 bits per heavy atom. The summed E-state index contributed by atoms with van der Waals surface area (Å²) in [6.07, 6.45) is 2.51. The SMILES string of the molecule is Brc1cccc(-c2ccc3c(c2)CC3)c1. The van der Waals surface area contributed by atoms with Crippen LogP contribution in [0.25, 0.3) is 11.1 Å². The maximum absolute atomic E-state index is 3.51. The molecule has 2 aromatic carbocycles. The highest BCUT2D eigenvalue weighted by Gasteiger charge is 2.13. The second kappa shape index (κ2) is 3.49. The Bertz CT molecular complexity index is 514. The number of hydrogen-bond acceptors (Lipinski definition) is 0. The lowest BCUT2D eigenvalue weighted by atomic mass is 9.86. The van der Waals surface area contributed by atoms with E-state index >= 15 is 0 Å². The highest BCUT2D eigenvalue weighted by Crippen LogP contribution is 2.29. The van der Waals surface area contributed by atoms with Crippen molar-refractivity contribution in [3.05, 3.63) is 58.1 Å². The van der Waals surface area contributed by atoms with Crippen molar-refractivity contribution < 1.29 is 0 Å². The van der Waals surface area contributed by atoms with E-state index < -0.39 is 0 Å². The zero-order valence-corrected chi connectivity index (χ0v) is 9.92. The molecule has 0 nitrogen and oxygen atoms in total. The molecule has 0 radical (unpaired) electrons. The van der Waals surface area contributed by atoms with Gasteiger partial charge in [0, 0.05) is 4.47 Å². The maximum Gasteiger partial charge on any atom is 0.0181 e. The standard InChI is InChI=1S/C14H11Br/c15-14-3-1-2-11(9-14)13-7-5-10-4-6-12(10)8-13/h1-3,5,7-9H,4,6H2. The monoisotopic (exact) mass is 258 g/mol. The van der Waals surface area contributed by atoms with E-state index in [-0.39, 0.29) is 0 Å². The van der Waals surface area contributed by atoms with Crippen LogP contribution in [0.1, 0.15) is 11.1 Å². The van der Waals surface area contributed by atoms with Gasteiger partial charge in [-0.3, -0.25) is 0 Å². The molecule has 0 saturated heterocycles. The van der Waals surface area contributed by atoms with E-state index in [4.69, 9.17) is 0 Å². The Kier molecular flexibility index (Phi) is 2.14. The fraction of sp³-hybridized carbons (Fsp3) is 0.143. The van der Waals surface area contributed by atoms with Crippen LogP contribution in [0, 0.1) is 0 Å². The van der Waals surface area contributed by atoms with Gasteiger partial charge in [-0.25, -0.2) is 0 Å². The molecule has 0 heterocycles. The number of fused-ring (bicyclic) bond motifs is 1. The van der Waals surface area contributed by atoms with Crippen LogP contribution in [0.5, 0.6) is 0 Å². The molecule has 2 aromatic rings. The minimum absolute atomic E-state index is 1.14. The number of aryl methyl sites for hydroxylation is 2. The molecule has 0 amide bonds. The normalized spacial score (nSPS) is 13.1. The van der Waals surface area contributed by atoms with Crippen molar-refractivity contribution in [2.45, 2.75) is 12.8 Å². The molecule has 15 heavy (non-hydrogen) atoms. The molecule has 0 atom stereocenters. The summed E-state index contributed by atoms with van der Waals surface area (Å²) in [5, 5.41) is 0. The Hall–Kier alpha value is -1.08. The van der Waals surface area contributed by atoms with E-state index in [0.717, 1.165) is 4.47 Å². The second-order valence-corrected chi connectivity index (χ2v) is 4.91. The quantitative estimate of drug-likeness (QED) is 0.719. The van der Waals surface area contributed by atoms with Gasteiger partial charge in [-0.15, -0.1) is 0 Å². The third-order valence-electron chi connectivity index (χ3n) is 3.03. The predicted octanol–water partition coefficient (Wildman–Crippen LogP) is 4.21. The van der Waals surface area contributed by atoms with E-state index in [1.165, 1.54) is 35.1 Å². The molecular formula is C14H11Br. The van der Waals surface area contributed by atoms with Crippen LogP contribution in [-0.2, 0) is 12.8 Å². The van der Waals surface area contributed by atoms with Gasteiger partial charge in [0.15, 0.2) is 0 Å². The molecular weight excluding hydrogens is 248 g/mol. The molecule has 0 spiro atoms. The molecule has 1 heteroatoms. The Labute approximate surface area is 98.1 Å². The van der Waals surface area contributed by atoms with Gasteiger partial charge in [0.05, 0.1) is 0 Å². The summed E-state index contributed by atoms with van der Waals surface area (Å²) in [7, 11) is 0. The molecule has 74 valence electrons. The van der Waals surface area contributed by atoms with Crippen molar-refractivity contribution in [2.75, 3.05) is 0 Å². The number of hydrogen-bond donors (Lipinski definition) is 0. The first-order valence-corrected chi connectivity index (χ1v) is 6.00. The van der Waals surface area contributed by atoms with Crippen LogP contribution in [0.3, 0.4) is 0 Å². The van der Waals surface area contributed by atoms with E-state index in [0.29, 0.717) is 0 Å². The molecule has 1 aliphatic rings. The minimum atomic E-state index is 1.14. The first-order valence-electron chi connectivity index (χ1n) is 5.21. The fourth-order valence-corrected chi connectivity index (χ4v) is 2.44. The van der Waals surface area contributed by atoms with Crippen LogP contribution in [0.15, 0.2) is 46.9 Å². The van der Waals surface area contributed by atoms with Crippen molar-refractivity contribution in [1.29, 1.82) is 0 Å². The highest BCUT2D eigenvalue weighted by molar-refractivity contribution is 9.10. The largest absolute Gasteiger partial charge is 0.0605 e. The van der Waals surface area contributed by atoms with Gasteiger partial charge in [0.2, 0.25) is 0 Å². The van der Waals surface area contributed by atoms with Gasteiger partial charge in [-0.2, -0.15) is 0 Å². The molecule has 3 rings (SSSR count). The van der Waals surface area contributed by atoms with E-state index in [1.54, 1.807) is 0 Å². The number of halogens is 1. The summed E-state index contributed by atoms with van der Waals surface area (Å²) < 4.78 is 1.14. The molecule has 0 saturated carbocycles. The van der Waals surface area contributed by atoms with Gasteiger partial charge >= 0.3 is 0 Å². The Morgan fingerprint density at radius 1 is 0.800 bits per heavy atom. The summed E-state index contributed by atoms with van der Waals surface area (Å²) in [6.45, 7) is 0. The van der Waals surface area contributed by atoms with Crippen LogP contribution in [0.2, 0.25) is 0 Å².